The van der Waals surface area contributed by atoms with Gasteiger partial charge in [-0.1, -0.05) is 36.4 Å². The van der Waals surface area contributed by atoms with Crippen LogP contribution in [0.5, 0.6) is 5.75 Å². The van der Waals surface area contributed by atoms with Gasteiger partial charge in [0.05, 0.1) is 18.7 Å². The molecule has 4 aromatic rings. The van der Waals surface area contributed by atoms with Crippen LogP contribution < -0.4 is 4.74 Å². The van der Waals surface area contributed by atoms with Gasteiger partial charge in [-0.2, -0.15) is 0 Å². The van der Waals surface area contributed by atoms with Gasteiger partial charge in [-0.15, -0.1) is 15.0 Å². The molecule has 9 nitrogen and oxygen atoms in total. The Kier molecular flexibility index (Phi) is 6.53. The van der Waals surface area contributed by atoms with Gasteiger partial charge >= 0.3 is 0 Å². The fourth-order valence-electron chi connectivity index (χ4n) is 4.48. The quantitative estimate of drug-likeness (QED) is 0.379. The summed E-state index contributed by atoms with van der Waals surface area (Å²) in [6, 6.07) is 15.7. The summed E-state index contributed by atoms with van der Waals surface area (Å²) < 4.78 is 11.6. The number of likely N-dealkylation sites (N-methyl/N-ethyl adjacent to an activating group) is 1. The van der Waals surface area contributed by atoms with Crippen LogP contribution in [0.15, 0.2) is 65.5 Å². The monoisotopic (exact) mass is 460 g/mol. The second kappa shape index (κ2) is 10.0. The number of ether oxygens (including phenoxy) is 1. The third-order valence-electron chi connectivity index (χ3n) is 6.37. The average molecular weight is 461 g/mol. The molecule has 0 radical (unpaired) electrons. The van der Waals surface area contributed by atoms with Crippen molar-refractivity contribution in [2.45, 2.75) is 32.0 Å². The molecule has 0 aliphatic carbocycles. The highest BCUT2D eigenvalue weighted by Crippen LogP contribution is 2.28. The van der Waals surface area contributed by atoms with Crippen LogP contribution in [0.4, 0.5) is 0 Å². The summed E-state index contributed by atoms with van der Waals surface area (Å²) in [7, 11) is 1.88. The number of furan rings is 1. The van der Waals surface area contributed by atoms with E-state index in [0.29, 0.717) is 11.5 Å². The molecule has 0 saturated carbocycles. The maximum Gasteiger partial charge on any atom is 0.230 e. The van der Waals surface area contributed by atoms with Gasteiger partial charge in [0.25, 0.3) is 0 Å². The van der Waals surface area contributed by atoms with E-state index in [-0.39, 0.29) is 25.1 Å². The zero-order valence-corrected chi connectivity index (χ0v) is 19.2. The Morgan fingerprint density at radius 1 is 1.18 bits per heavy atom. The lowest BCUT2D eigenvalue weighted by molar-refractivity contribution is -0.132. The van der Waals surface area contributed by atoms with Crippen molar-refractivity contribution in [2.24, 2.45) is 0 Å². The molecule has 1 aliphatic rings. The van der Waals surface area contributed by atoms with Crippen molar-refractivity contribution in [3.05, 3.63) is 72.4 Å². The second-order valence-corrected chi connectivity index (χ2v) is 8.61. The van der Waals surface area contributed by atoms with Crippen molar-refractivity contribution in [3.63, 3.8) is 0 Å². The highest BCUT2D eigenvalue weighted by molar-refractivity contribution is 5.88. The summed E-state index contributed by atoms with van der Waals surface area (Å²) in [4.78, 5) is 19.0. The smallest absolute Gasteiger partial charge is 0.230 e. The Labute approximate surface area is 197 Å². The number of likely N-dealkylation sites (tertiary alicyclic amines) is 1. The third-order valence-corrected chi connectivity index (χ3v) is 6.37. The van der Waals surface area contributed by atoms with Gasteiger partial charge in [0.1, 0.15) is 11.5 Å². The molecule has 1 amide bonds. The summed E-state index contributed by atoms with van der Waals surface area (Å²) >= 11 is 0. The molecule has 1 fully saturated rings. The zero-order valence-electron chi connectivity index (χ0n) is 19.2. The van der Waals surface area contributed by atoms with E-state index < -0.39 is 0 Å². The lowest BCUT2D eigenvalue weighted by Gasteiger charge is -2.32. The molecule has 34 heavy (non-hydrogen) atoms. The summed E-state index contributed by atoms with van der Waals surface area (Å²) in [5.74, 6) is 1.41. The number of tetrazole rings is 1. The predicted molar refractivity (Wildman–Crippen MR) is 126 cm³/mol. The van der Waals surface area contributed by atoms with Gasteiger partial charge in [-0.25, -0.2) is 0 Å². The Hall–Kier alpha value is -3.72. The number of nitrogens with zero attached hydrogens (tertiary/aromatic N) is 6. The number of amides is 1. The van der Waals surface area contributed by atoms with Crippen LogP contribution in [0, 0.1) is 0 Å². The fraction of sp³-hybridized carbons (Fsp3) is 0.360. The summed E-state index contributed by atoms with van der Waals surface area (Å²) in [6.45, 7) is 3.04. The van der Waals surface area contributed by atoms with E-state index in [9.17, 15) is 4.79 Å². The van der Waals surface area contributed by atoms with Crippen LogP contribution in [0.1, 0.15) is 30.2 Å². The Balaban J connectivity index is 1.35. The van der Waals surface area contributed by atoms with Crippen LogP contribution in [-0.2, 0) is 17.9 Å². The van der Waals surface area contributed by atoms with E-state index >= 15 is 0 Å². The molecule has 1 atom stereocenters. The highest BCUT2D eigenvalue weighted by atomic mass is 16.5. The highest BCUT2D eigenvalue weighted by Gasteiger charge is 2.27. The first kappa shape index (κ1) is 22.1. The fourth-order valence-corrected chi connectivity index (χ4v) is 4.48. The van der Waals surface area contributed by atoms with Crippen LogP contribution in [0.3, 0.4) is 0 Å². The minimum absolute atomic E-state index is 0.0161. The first-order valence-electron chi connectivity index (χ1n) is 11.5. The van der Waals surface area contributed by atoms with Crippen molar-refractivity contribution in [3.8, 4) is 5.75 Å². The number of hydrogen-bond donors (Lipinski definition) is 0. The number of benzene rings is 2. The summed E-state index contributed by atoms with van der Waals surface area (Å²) in [5, 5.41) is 13.5. The van der Waals surface area contributed by atoms with E-state index in [1.54, 1.807) is 6.26 Å². The lowest BCUT2D eigenvalue weighted by atomic mass is 10.0. The minimum atomic E-state index is -0.111. The first-order chi connectivity index (χ1) is 16.7. The average Bonchev–Trinajstić information content (AvgIpc) is 3.64. The molecular formula is C25H28N6O3. The van der Waals surface area contributed by atoms with E-state index in [2.05, 4.69) is 20.3 Å². The first-order valence-corrected chi connectivity index (χ1v) is 11.5. The SMILES string of the molecule is CN(C(=O)Cc1occ2ccccc12)[C@H](CN1CCCC1)c1cccc(OCn2ncnn2)c1. The normalized spacial score (nSPS) is 15.0. The molecule has 3 heterocycles. The van der Waals surface area contributed by atoms with Gasteiger partial charge in [0.2, 0.25) is 12.6 Å². The van der Waals surface area contributed by atoms with E-state index in [4.69, 9.17) is 9.15 Å². The number of carbonyl (C=O) groups is 1. The van der Waals surface area contributed by atoms with Crippen molar-refractivity contribution in [2.75, 3.05) is 26.7 Å². The predicted octanol–water partition coefficient (Wildman–Crippen LogP) is 3.29. The van der Waals surface area contributed by atoms with E-state index in [1.165, 1.54) is 24.0 Å². The zero-order chi connectivity index (χ0) is 23.3. The molecule has 0 unspecified atom stereocenters. The molecule has 0 spiro atoms. The summed E-state index contributed by atoms with van der Waals surface area (Å²) in [5.41, 5.74) is 1.02. The van der Waals surface area contributed by atoms with E-state index in [0.717, 1.165) is 36.0 Å². The van der Waals surface area contributed by atoms with Crippen molar-refractivity contribution in [1.82, 2.24) is 30.0 Å². The number of rotatable bonds is 9. The van der Waals surface area contributed by atoms with Crippen molar-refractivity contribution in [1.29, 1.82) is 0 Å². The second-order valence-electron chi connectivity index (χ2n) is 8.61. The Morgan fingerprint density at radius 3 is 2.85 bits per heavy atom. The number of fused-ring (bicyclic) bond motifs is 1. The van der Waals surface area contributed by atoms with Crippen LogP contribution >= 0.6 is 0 Å². The maximum absolute atomic E-state index is 13.4. The molecule has 176 valence electrons. The van der Waals surface area contributed by atoms with Crippen LogP contribution in [0.25, 0.3) is 10.8 Å². The van der Waals surface area contributed by atoms with Crippen molar-refractivity contribution >= 4 is 16.7 Å². The Morgan fingerprint density at radius 2 is 2.03 bits per heavy atom. The molecule has 0 bridgehead atoms. The number of hydrogen-bond acceptors (Lipinski definition) is 7. The molecule has 1 saturated heterocycles. The largest absolute Gasteiger partial charge is 0.469 e. The van der Waals surface area contributed by atoms with E-state index in [1.807, 2.05) is 60.5 Å². The maximum atomic E-state index is 13.4. The van der Waals surface area contributed by atoms with Gasteiger partial charge in [-0.05, 0) is 48.8 Å². The molecule has 1 aliphatic heterocycles. The van der Waals surface area contributed by atoms with Gasteiger partial charge < -0.3 is 19.0 Å². The lowest BCUT2D eigenvalue weighted by Crippen LogP contribution is -2.39. The molecule has 2 aromatic carbocycles. The van der Waals surface area contributed by atoms with Crippen LogP contribution in [0.2, 0.25) is 0 Å². The number of aromatic nitrogens is 4. The van der Waals surface area contributed by atoms with Crippen molar-refractivity contribution < 1.29 is 13.9 Å². The molecule has 5 rings (SSSR count). The standard InChI is InChI=1S/C25H28N6O3/c1-29(25(32)14-24-22-10-3-2-7-20(22)16-33-24)23(15-30-11-4-5-12-30)19-8-6-9-21(13-19)34-18-31-27-17-26-28-31/h2-3,6-10,13,16-17,23H,4-5,11-12,14-15,18H2,1H3/t23-/m1/s1. The van der Waals surface area contributed by atoms with Gasteiger partial charge in [0.15, 0.2) is 6.33 Å². The number of carbonyl (C=O) groups excluding carboxylic acids is 1. The summed E-state index contributed by atoms with van der Waals surface area (Å²) in [6.07, 6.45) is 5.68. The topological polar surface area (TPSA) is 89.5 Å². The van der Waals surface area contributed by atoms with Gasteiger partial charge in [0, 0.05) is 24.4 Å². The molecular weight excluding hydrogens is 432 g/mol. The minimum Gasteiger partial charge on any atom is -0.469 e. The van der Waals surface area contributed by atoms with Gasteiger partial charge in [-0.3, -0.25) is 4.79 Å². The molecule has 9 heteroatoms. The third kappa shape index (κ3) is 4.94. The molecule has 0 N–H and O–H groups in total. The van der Waals surface area contributed by atoms with Crippen LogP contribution in [-0.4, -0.2) is 62.6 Å². The molecule has 2 aromatic heterocycles. The Bertz CT molecular complexity index is 1230.